The second-order valence-corrected chi connectivity index (χ2v) is 15.2. The van der Waals surface area contributed by atoms with Crippen molar-refractivity contribution in [3.8, 4) is 16.9 Å². The van der Waals surface area contributed by atoms with E-state index >= 15 is 0 Å². The Morgan fingerprint density at radius 2 is 1.92 bits per heavy atom. The molecule has 11 heteroatoms. The smallest absolute Gasteiger partial charge is 0.251 e. The molecule has 1 saturated heterocycles. The summed E-state index contributed by atoms with van der Waals surface area (Å²) in [5, 5.41) is 29.1. The van der Waals surface area contributed by atoms with Crippen LogP contribution in [-0.2, 0) is 22.7 Å². The van der Waals surface area contributed by atoms with Crippen molar-refractivity contribution < 1.29 is 33.8 Å². The van der Waals surface area contributed by atoms with Crippen LogP contribution in [0.4, 0.5) is 5.69 Å². The van der Waals surface area contributed by atoms with Gasteiger partial charge in [0.15, 0.2) is 0 Å². The van der Waals surface area contributed by atoms with Gasteiger partial charge >= 0.3 is 0 Å². The summed E-state index contributed by atoms with van der Waals surface area (Å²) in [7, 11) is 5.43. The summed E-state index contributed by atoms with van der Waals surface area (Å²) >= 11 is 0. The van der Waals surface area contributed by atoms with Gasteiger partial charge in [-0.2, -0.15) is 5.06 Å². The molecule has 0 spiro atoms. The maximum Gasteiger partial charge on any atom is 0.251 e. The van der Waals surface area contributed by atoms with Crippen molar-refractivity contribution >= 4 is 17.5 Å². The molecule has 1 aromatic heterocycles. The lowest BCUT2D eigenvalue weighted by molar-refractivity contribution is -0.183. The lowest BCUT2D eigenvalue weighted by Crippen LogP contribution is -2.62. The molecule has 3 aliphatic carbocycles. The van der Waals surface area contributed by atoms with Crippen LogP contribution in [0.2, 0.25) is 0 Å². The van der Waals surface area contributed by atoms with Crippen LogP contribution in [0.5, 0.6) is 5.75 Å². The number of hydrogen-bond acceptors (Lipinski definition) is 9. The highest BCUT2D eigenvalue weighted by atomic mass is 16.7. The number of nitrogens with zero attached hydrogens (tertiary/aromatic N) is 2. The van der Waals surface area contributed by atoms with E-state index in [0.717, 1.165) is 28.8 Å². The number of methoxy groups -OCH3 is 1. The van der Waals surface area contributed by atoms with E-state index in [1.54, 1.807) is 31.4 Å². The number of hydroxylamine groups is 2. The molecular weight excluding hydrogens is 636 g/mol. The highest BCUT2D eigenvalue weighted by Crippen LogP contribution is 2.61. The number of amides is 2. The first-order valence-corrected chi connectivity index (χ1v) is 17.7. The number of aliphatic hydroxyl groups is 2. The predicted octanol–water partition coefficient (Wildman–Crippen LogP) is 4.61. The Hall–Kier alpha value is -3.90. The number of hydrogen-bond donors (Lipinski definition) is 4. The minimum absolute atomic E-state index is 0.0382. The topological polar surface area (TPSA) is 137 Å². The Balaban J connectivity index is 1.28. The zero-order valence-corrected chi connectivity index (χ0v) is 30.2. The molecule has 2 aromatic carbocycles. The van der Waals surface area contributed by atoms with Crippen LogP contribution >= 0.6 is 0 Å². The number of carbonyl (C=O) groups excluding carboxylic acids is 2. The highest BCUT2D eigenvalue weighted by molar-refractivity contribution is 5.97. The Bertz CT molecular complexity index is 1670. The number of rotatable bonds is 12. The monoisotopic (exact) mass is 688 g/mol. The Morgan fingerprint density at radius 1 is 1.14 bits per heavy atom. The fraction of sp³-hybridized carbons (Fsp3) is 0.538. The average molecular weight is 689 g/mol. The van der Waals surface area contributed by atoms with Gasteiger partial charge in [-0.1, -0.05) is 39.0 Å². The van der Waals surface area contributed by atoms with Crippen LogP contribution in [0.3, 0.4) is 0 Å². The van der Waals surface area contributed by atoms with Crippen molar-refractivity contribution in [1.29, 1.82) is 0 Å². The van der Waals surface area contributed by atoms with Gasteiger partial charge in [0.05, 0.1) is 39.2 Å². The molecule has 270 valence electrons. The summed E-state index contributed by atoms with van der Waals surface area (Å²) in [5.41, 5.74) is 3.88. The van der Waals surface area contributed by atoms with Gasteiger partial charge in [-0.25, -0.2) is 0 Å². The molecule has 11 nitrogen and oxygen atoms in total. The molecule has 3 saturated carbocycles. The molecule has 2 bridgehead atoms. The van der Waals surface area contributed by atoms with Crippen molar-refractivity contribution in [2.45, 2.75) is 77.9 Å². The van der Waals surface area contributed by atoms with E-state index in [2.05, 4.69) is 31.4 Å². The molecule has 4 N–H and O–H groups in total. The minimum atomic E-state index is -0.900. The molecule has 2 amide bonds. The maximum absolute atomic E-state index is 14.2. The standard InChI is InChI=1S/C39H52N4O7/c1-22-31-17-27(39(31,3)4)18-32(22)41-38(47)35-34(23(2)45)33(21-44)50-43(35)20-24-10-8-12-30(36(24)48-7)25-14-26(16-28(15-25)42(5)6)37(46)40-19-29-11-9-13-49-29/h8-16,22-23,27,31-35,44-45H,17-21H2,1-7H3,(H,40,46)(H,41,47)/t22-,23-,27+,31-,32-,33-,34-,35-/m0/s1. The molecule has 4 aliphatic rings. The fourth-order valence-electron chi connectivity index (χ4n) is 8.67. The van der Waals surface area contributed by atoms with Gasteiger partial charge in [0, 0.05) is 48.4 Å². The van der Waals surface area contributed by atoms with Crippen LogP contribution < -0.4 is 20.3 Å². The average Bonchev–Trinajstić information content (AvgIpc) is 3.75. The van der Waals surface area contributed by atoms with E-state index in [9.17, 15) is 19.8 Å². The molecule has 1 aliphatic heterocycles. The minimum Gasteiger partial charge on any atom is -0.496 e. The van der Waals surface area contributed by atoms with Crippen LogP contribution in [0.1, 0.15) is 62.2 Å². The van der Waals surface area contributed by atoms with Crippen LogP contribution in [0, 0.1) is 29.1 Å². The summed E-state index contributed by atoms with van der Waals surface area (Å²) in [6, 6.07) is 14.2. The molecule has 0 unspecified atom stereocenters. The van der Waals surface area contributed by atoms with Gasteiger partial charge in [-0.15, -0.1) is 0 Å². The molecule has 0 radical (unpaired) electrons. The number of para-hydroxylation sites is 1. The van der Waals surface area contributed by atoms with Crippen LogP contribution in [0.25, 0.3) is 11.1 Å². The van der Waals surface area contributed by atoms with Crippen molar-refractivity contribution in [3.63, 3.8) is 0 Å². The van der Waals surface area contributed by atoms with Gasteiger partial charge in [-0.05, 0) is 78.8 Å². The first-order valence-electron chi connectivity index (χ1n) is 17.7. The van der Waals surface area contributed by atoms with E-state index in [1.165, 1.54) is 6.42 Å². The van der Waals surface area contributed by atoms with Crippen molar-refractivity contribution in [2.75, 3.05) is 32.7 Å². The Labute approximate surface area is 294 Å². The SMILES string of the molecule is COc1c(CN2O[C@@H](CO)[C@H]([C@H](C)O)[C@H]2C(=O)N[C@H]2C[C@H]3C[C@@H]([C@@H]2C)C3(C)C)cccc1-c1cc(C(=O)NCc2ccco2)cc(N(C)C)c1. The van der Waals surface area contributed by atoms with Crippen molar-refractivity contribution in [1.82, 2.24) is 15.7 Å². The largest absolute Gasteiger partial charge is 0.496 e. The van der Waals surface area contributed by atoms with Crippen LogP contribution in [0.15, 0.2) is 59.2 Å². The quantitative estimate of drug-likeness (QED) is 0.215. The first kappa shape index (κ1) is 35.9. The third kappa shape index (κ3) is 6.76. The number of anilines is 1. The summed E-state index contributed by atoms with van der Waals surface area (Å²) in [6.07, 6.45) is 2.05. The number of aliphatic hydroxyl groups excluding tert-OH is 2. The van der Waals surface area contributed by atoms with E-state index in [4.69, 9.17) is 14.0 Å². The summed E-state index contributed by atoms with van der Waals surface area (Å²) in [5.74, 6) is 1.60. The lowest BCUT2D eigenvalue weighted by atomic mass is 9.45. The van der Waals surface area contributed by atoms with Gasteiger partial charge in [0.2, 0.25) is 5.91 Å². The zero-order valence-electron chi connectivity index (χ0n) is 30.2. The molecular formula is C39H52N4O7. The van der Waals surface area contributed by atoms with E-state index in [0.29, 0.717) is 34.8 Å². The number of fused-ring (bicyclic) bond motifs is 2. The van der Waals surface area contributed by atoms with Gasteiger partial charge in [-0.3, -0.25) is 14.4 Å². The van der Waals surface area contributed by atoms with E-state index in [1.807, 2.05) is 61.5 Å². The second-order valence-electron chi connectivity index (χ2n) is 15.2. The Morgan fingerprint density at radius 3 is 2.54 bits per heavy atom. The van der Waals surface area contributed by atoms with Gasteiger partial charge in [0.25, 0.3) is 5.91 Å². The zero-order chi connectivity index (χ0) is 35.9. The number of carbonyl (C=O) groups is 2. The highest BCUT2D eigenvalue weighted by Gasteiger charge is 2.57. The second kappa shape index (κ2) is 14.4. The number of nitrogens with one attached hydrogen (secondary N) is 2. The van der Waals surface area contributed by atoms with Gasteiger partial charge in [0.1, 0.15) is 23.7 Å². The molecule has 7 rings (SSSR count). The summed E-state index contributed by atoms with van der Waals surface area (Å²) < 4.78 is 11.4. The van der Waals surface area contributed by atoms with Gasteiger partial charge < -0.3 is 34.9 Å². The number of ether oxygens (including phenoxy) is 1. The maximum atomic E-state index is 14.2. The summed E-state index contributed by atoms with van der Waals surface area (Å²) in [4.78, 5) is 35.7. The first-order chi connectivity index (χ1) is 23.8. The number of benzene rings is 2. The van der Waals surface area contributed by atoms with E-state index in [-0.39, 0.29) is 43.0 Å². The normalized spacial score (nSPS) is 27.7. The molecule has 8 atom stereocenters. The van der Waals surface area contributed by atoms with Crippen molar-refractivity contribution in [3.05, 3.63) is 71.7 Å². The number of furan rings is 1. The molecule has 3 aromatic rings. The molecule has 2 heterocycles. The predicted molar refractivity (Wildman–Crippen MR) is 190 cm³/mol. The molecule has 4 fully saturated rings. The lowest BCUT2D eigenvalue weighted by Gasteiger charge is -2.62. The Kier molecular flexibility index (Phi) is 10.3. The van der Waals surface area contributed by atoms with Crippen LogP contribution in [-0.4, -0.2) is 79.2 Å². The summed E-state index contributed by atoms with van der Waals surface area (Å²) in [6.45, 7) is 8.62. The van der Waals surface area contributed by atoms with Crippen molar-refractivity contribution in [2.24, 2.45) is 29.1 Å². The fourth-order valence-corrected chi connectivity index (χ4v) is 8.67. The molecule has 50 heavy (non-hydrogen) atoms. The third-order valence-corrected chi connectivity index (χ3v) is 11.7. The van der Waals surface area contributed by atoms with E-state index < -0.39 is 24.2 Å². The third-order valence-electron chi connectivity index (χ3n) is 11.7.